The number of aliphatic imine (C=N–C) groups is 1. The van der Waals surface area contributed by atoms with E-state index in [9.17, 15) is 4.79 Å². The van der Waals surface area contributed by atoms with Crippen molar-refractivity contribution >= 4 is 23.5 Å². The average Bonchev–Trinajstić information content (AvgIpc) is 2.56. The topological polar surface area (TPSA) is 66.0 Å². The Morgan fingerprint density at radius 2 is 1.88 bits per heavy atom. The Kier molecular flexibility index (Phi) is 9.01. The first-order valence-corrected chi connectivity index (χ1v) is 8.39. The molecule has 0 radical (unpaired) electrons. The maximum Gasteiger partial charge on any atom is 0.222 e. The lowest BCUT2D eigenvalue weighted by molar-refractivity contribution is -0.123. The van der Waals surface area contributed by atoms with Crippen LogP contribution in [0, 0.1) is 5.92 Å². The SMILES string of the molecule is CN=C(NCCNC(=O)C(C)C)N(C)CCOc1ccc(Cl)cc1. The van der Waals surface area contributed by atoms with Gasteiger partial charge in [0, 0.05) is 38.1 Å². The van der Waals surface area contributed by atoms with Crippen molar-refractivity contribution in [3.8, 4) is 5.75 Å². The third-order valence-electron chi connectivity index (χ3n) is 3.31. The molecule has 1 rings (SSSR count). The Bertz CT molecular complexity index is 532. The Labute approximate surface area is 149 Å². The number of amides is 1. The first-order chi connectivity index (χ1) is 11.4. The number of nitrogens with zero attached hydrogens (tertiary/aromatic N) is 2. The number of carbonyl (C=O) groups is 1. The van der Waals surface area contributed by atoms with Crippen LogP contribution in [0.1, 0.15) is 13.8 Å². The van der Waals surface area contributed by atoms with Gasteiger partial charge in [-0.2, -0.15) is 0 Å². The standard InChI is InChI=1S/C17H27ClN4O2/c1-13(2)16(23)20-9-10-21-17(19-3)22(4)11-12-24-15-7-5-14(18)6-8-15/h5-8,13H,9-12H2,1-4H3,(H,19,21)(H,20,23). The highest BCUT2D eigenvalue weighted by molar-refractivity contribution is 6.30. The zero-order valence-corrected chi connectivity index (χ0v) is 15.6. The van der Waals surface area contributed by atoms with Crippen molar-refractivity contribution in [2.45, 2.75) is 13.8 Å². The zero-order valence-electron chi connectivity index (χ0n) is 14.8. The lowest BCUT2D eigenvalue weighted by atomic mass is 10.2. The number of rotatable bonds is 8. The van der Waals surface area contributed by atoms with Gasteiger partial charge >= 0.3 is 0 Å². The van der Waals surface area contributed by atoms with E-state index in [-0.39, 0.29) is 11.8 Å². The van der Waals surface area contributed by atoms with Crippen LogP contribution in [0.25, 0.3) is 0 Å². The highest BCUT2D eigenvalue weighted by Crippen LogP contribution is 2.15. The van der Waals surface area contributed by atoms with Crippen LogP contribution in [-0.2, 0) is 4.79 Å². The maximum absolute atomic E-state index is 11.5. The monoisotopic (exact) mass is 354 g/mol. The quantitative estimate of drug-likeness (QED) is 0.426. The van der Waals surface area contributed by atoms with E-state index in [0.717, 1.165) is 11.7 Å². The molecule has 7 heteroatoms. The fourth-order valence-electron chi connectivity index (χ4n) is 1.89. The molecule has 134 valence electrons. The number of hydrogen-bond acceptors (Lipinski definition) is 3. The second kappa shape index (κ2) is 10.8. The van der Waals surface area contributed by atoms with E-state index in [1.165, 1.54) is 0 Å². The third kappa shape index (κ3) is 7.55. The molecule has 0 aromatic heterocycles. The minimum absolute atomic E-state index is 0.00278. The summed E-state index contributed by atoms with van der Waals surface area (Å²) < 4.78 is 5.67. The molecule has 0 bridgehead atoms. The average molecular weight is 355 g/mol. The molecule has 0 saturated carbocycles. The van der Waals surface area contributed by atoms with E-state index in [1.54, 1.807) is 19.2 Å². The first-order valence-electron chi connectivity index (χ1n) is 8.02. The lowest BCUT2D eigenvalue weighted by Gasteiger charge is -2.22. The Hall–Kier alpha value is -1.95. The summed E-state index contributed by atoms with van der Waals surface area (Å²) in [5, 5.41) is 6.76. The smallest absolute Gasteiger partial charge is 0.222 e. The molecule has 0 aliphatic rings. The van der Waals surface area contributed by atoms with Crippen LogP contribution < -0.4 is 15.4 Å². The molecule has 0 saturated heterocycles. The molecule has 0 fully saturated rings. The molecular formula is C17H27ClN4O2. The Morgan fingerprint density at radius 1 is 1.25 bits per heavy atom. The van der Waals surface area contributed by atoms with Crippen LogP contribution in [0.4, 0.5) is 0 Å². The van der Waals surface area contributed by atoms with Gasteiger partial charge in [-0.25, -0.2) is 0 Å². The van der Waals surface area contributed by atoms with Crippen molar-refractivity contribution in [3.63, 3.8) is 0 Å². The van der Waals surface area contributed by atoms with Gasteiger partial charge in [0.15, 0.2) is 5.96 Å². The molecule has 0 aliphatic carbocycles. The van der Waals surface area contributed by atoms with Crippen molar-refractivity contribution in [3.05, 3.63) is 29.3 Å². The Balaban J connectivity index is 2.27. The van der Waals surface area contributed by atoms with Crippen LogP contribution in [0.5, 0.6) is 5.75 Å². The van der Waals surface area contributed by atoms with E-state index in [4.69, 9.17) is 16.3 Å². The number of nitrogens with one attached hydrogen (secondary N) is 2. The highest BCUT2D eigenvalue weighted by atomic mass is 35.5. The molecule has 0 atom stereocenters. The van der Waals surface area contributed by atoms with Crippen molar-refractivity contribution < 1.29 is 9.53 Å². The van der Waals surface area contributed by atoms with Gasteiger partial charge in [0.1, 0.15) is 12.4 Å². The van der Waals surface area contributed by atoms with Gasteiger partial charge < -0.3 is 20.3 Å². The second-order valence-corrected chi connectivity index (χ2v) is 6.08. The van der Waals surface area contributed by atoms with E-state index in [2.05, 4.69) is 15.6 Å². The van der Waals surface area contributed by atoms with Crippen LogP contribution >= 0.6 is 11.6 Å². The van der Waals surface area contributed by atoms with Gasteiger partial charge in [-0.3, -0.25) is 9.79 Å². The summed E-state index contributed by atoms with van der Waals surface area (Å²) >= 11 is 5.84. The fourth-order valence-corrected chi connectivity index (χ4v) is 2.01. The van der Waals surface area contributed by atoms with Crippen molar-refractivity contribution in [2.24, 2.45) is 10.9 Å². The molecule has 24 heavy (non-hydrogen) atoms. The van der Waals surface area contributed by atoms with Gasteiger partial charge in [0.2, 0.25) is 5.91 Å². The highest BCUT2D eigenvalue weighted by Gasteiger charge is 2.07. The molecule has 0 spiro atoms. The van der Waals surface area contributed by atoms with Gasteiger partial charge in [0.25, 0.3) is 0 Å². The summed E-state index contributed by atoms with van der Waals surface area (Å²) in [6.45, 7) is 6.13. The molecule has 1 aromatic carbocycles. The third-order valence-corrected chi connectivity index (χ3v) is 3.57. The number of ether oxygens (including phenoxy) is 1. The number of carbonyl (C=O) groups excluding carboxylic acids is 1. The fraction of sp³-hybridized carbons (Fsp3) is 0.529. The van der Waals surface area contributed by atoms with Crippen LogP contribution in [0.2, 0.25) is 5.02 Å². The number of hydrogen-bond donors (Lipinski definition) is 2. The predicted molar refractivity (Wildman–Crippen MR) is 98.8 cm³/mol. The van der Waals surface area contributed by atoms with E-state index in [0.29, 0.717) is 31.3 Å². The van der Waals surface area contributed by atoms with Crippen LogP contribution in [0.3, 0.4) is 0 Å². The maximum atomic E-state index is 11.5. The van der Waals surface area contributed by atoms with Gasteiger partial charge in [-0.05, 0) is 24.3 Å². The molecular weight excluding hydrogens is 328 g/mol. The minimum Gasteiger partial charge on any atom is -0.492 e. The normalized spacial score (nSPS) is 11.3. The second-order valence-electron chi connectivity index (χ2n) is 5.64. The summed E-state index contributed by atoms with van der Waals surface area (Å²) in [7, 11) is 3.67. The summed E-state index contributed by atoms with van der Waals surface area (Å²) in [5.74, 6) is 1.59. The van der Waals surface area contributed by atoms with E-state index < -0.39 is 0 Å². The molecule has 0 unspecified atom stereocenters. The largest absolute Gasteiger partial charge is 0.492 e. The van der Waals surface area contributed by atoms with E-state index in [1.807, 2.05) is 37.9 Å². The molecule has 0 aliphatic heterocycles. The summed E-state index contributed by atoms with van der Waals surface area (Å²) in [4.78, 5) is 17.7. The minimum atomic E-state index is -0.00278. The van der Waals surface area contributed by atoms with Crippen LogP contribution in [0.15, 0.2) is 29.3 Å². The van der Waals surface area contributed by atoms with E-state index >= 15 is 0 Å². The molecule has 1 amide bonds. The molecule has 6 nitrogen and oxygen atoms in total. The lowest BCUT2D eigenvalue weighted by Crippen LogP contribution is -2.44. The van der Waals surface area contributed by atoms with Crippen molar-refractivity contribution in [2.75, 3.05) is 40.3 Å². The Morgan fingerprint density at radius 3 is 2.46 bits per heavy atom. The number of halogens is 1. The van der Waals surface area contributed by atoms with Crippen molar-refractivity contribution in [1.82, 2.24) is 15.5 Å². The zero-order chi connectivity index (χ0) is 17.9. The number of guanidine groups is 1. The number of likely N-dealkylation sites (N-methyl/N-ethyl adjacent to an activating group) is 1. The van der Waals surface area contributed by atoms with Crippen molar-refractivity contribution in [1.29, 1.82) is 0 Å². The summed E-state index contributed by atoms with van der Waals surface area (Å²) in [6, 6.07) is 7.28. The number of benzene rings is 1. The first kappa shape index (κ1) is 20.1. The van der Waals surface area contributed by atoms with Gasteiger partial charge in [-0.1, -0.05) is 25.4 Å². The molecule has 1 aromatic rings. The van der Waals surface area contributed by atoms with Crippen LogP contribution in [-0.4, -0.2) is 57.1 Å². The summed E-state index contributed by atoms with van der Waals surface area (Å²) in [6.07, 6.45) is 0. The van der Waals surface area contributed by atoms with Gasteiger partial charge in [0.05, 0.1) is 6.54 Å². The molecule has 0 heterocycles. The molecule has 2 N–H and O–H groups in total. The summed E-state index contributed by atoms with van der Waals surface area (Å²) in [5.41, 5.74) is 0. The predicted octanol–water partition coefficient (Wildman–Crippen LogP) is 2.00. The van der Waals surface area contributed by atoms with Gasteiger partial charge in [-0.15, -0.1) is 0 Å².